The van der Waals surface area contributed by atoms with Crippen LogP contribution in [-0.2, 0) is 9.53 Å². The molecular weight excluding hydrogens is 362 g/mol. The molecule has 0 spiro atoms. The van der Waals surface area contributed by atoms with Crippen molar-refractivity contribution < 1.29 is 23.5 Å². The summed E-state index contributed by atoms with van der Waals surface area (Å²) in [5.41, 5.74) is -0.356. The average molecular weight is 383 g/mol. The van der Waals surface area contributed by atoms with Crippen LogP contribution in [0.15, 0.2) is 47.1 Å². The van der Waals surface area contributed by atoms with E-state index in [9.17, 15) is 19.6 Å². The topological polar surface area (TPSA) is 121 Å². The van der Waals surface area contributed by atoms with Gasteiger partial charge in [-0.25, -0.2) is 4.79 Å². The van der Waals surface area contributed by atoms with Gasteiger partial charge in [0.2, 0.25) is 0 Å². The van der Waals surface area contributed by atoms with Gasteiger partial charge in [0, 0.05) is 5.69 Å². The van der Waals surface area contributed by atoms with E-state index in [2.05, 4.69) is 10.6 Å². The first-order valence-corrected chi connectivity index (χ1v) is 8.59. The number of rotatable bonds is 7. The molecule has 1 heterocycles. The number of hydrogen-bond acceptors (Lipinski definition) is 6. The summed E-state index contributed by atoms with van der Waals surface area (Å²) in [5.74, 6) is -1.61. The Kier molecular flexibility index (Phi) is 6.55. The summed E-state index contributed by atoms with van der Waals surface area (Å²) in [4.78, 5) is 35.9. The SMILES string of the molecule is CC(C)[C@](C)(C#N)NC(=O)COC(=O)c1ccc(NC(=O)c2ccco2)cc1. The van der Waals surface area contributed by atoms with Crippen LogP contribution in [0.1, 0.15) is 41.7 Å². The number of furan rings is 1. The Hall–Kier alpha value is -3.60. The van der Waals surface area contributed by atoms with E-state index in [-0.39, 0.29) is 17.2 Å². The first kappa shape index (κ1) is 20.7. The minimum Gasteiger partial charge on any atom is -0.459 e. The summed E-state index contributed by atoms with van der Waals surface area (Å²) in [5, 5.41) is 14.4. The number of hydrogen-bond donors (Lipinski definition) is 2. The molecule has 2 N–H and O–H groups in total. The number of carbonyl (C=O) groups is 3. The van der Waals surface area contributed by atoms with Crippen LogP contribution in [0.25, 0.3) is 0 Å². The number of nitriles is 1. The molecule has 0 aliphatic rings. The number of ether oxygens (including phenoxy) is 1. The predicted molar refractivity (Wildman–Crippen MR) is 100 cm³/mol. The van der Waals surface area contributed by atoms with Gasteiger partial charge in [-0.05, 0) is 49.2 Å². The molecule has 0 bridgehead atoms. The van der Waals surface area contributed by atoms with Crippen molar-refractivity contribution in [1.82, 2.24) is 5.32 Å². The van der Waals surface area contributed by atoms with Gasteiger partial charge >= 0.3 is 5.97 Å². The molecule has 0 aliphatic heterocycles. The van der Waals surface area contributed by atoms with Gasteiger partial charge in [-0.15, -0.1) is 0 Å². The Bertz CT molecular complexity index is 882. The number of benzene rings is 1. The second-order valence-electron chi connectivity index (χ2n) is 6.60. The Balaban J connectivity index is 1.88. The van der Waals surface area contributed by atoms with Crippen molar-refractivity contribution in [2.45, 2.75) is 26.3 Å². The lowest BCUT2D eigenvalue weighted by molar-refractivity contribution is -0.125. The normalized spacial score (nSPS) is 12.5. The lowest BCUT2D eigenvalue weighted by Gasteiger charge is -2.27. The molecule has 0 saturated heterocycles. The second-order valence-corrected chi connectivity index (χ2v) is 6.60. The standard InChI is InChI=1S/C20H21N3O5/c1-13(2)20(3,12-21)23-17(24)11-28-19(26)14-6-8-15(9-7-14)22-18(25)16-5-4-10-27-16/h4-10,13H,11H2,1-3H3,(H,22,25)(H,23,24)/t20-/m0/s1. The number of carbonyl (C=O) groups excluding carboxylic acids is 3. The molecule has 2 amide bonds. The zero-order chi connectivity index (χ0) is 20.7. The van der Waals surface area contributed by atoms with Crippen molar-refractivity contribution in [1.29, 1.82) is 5.26 Å². The van der Waals surface area contributed by atoms with Gasteiger partial charge in [0.15, 0.2) is 12.4 Å². The molecule has 8 heteroatoms. The Morgan fingerprint density at radius 3 is 2.43 bits per heavy atom. The van der Waals surface area contributed by atoms with Crippen molar-refractivity contribution in [3.8, 4) is 6.07 Å². The molecule has 1 aromatic heterocycles. The van der Waals surface area contributed by atoms with E-state index in [1.165, 1.54) is 36.6 Å². The molecule has 28 heavy (non-hydrogen) atoms. The highest BCUT2D eigenvalue weighted by Crippen LogP contribution is 2.15. The van der Waals surface area contributed by atoms with Gasteiger partial charge in [0.1, 0.15) is 5.54 Å². The van der Waals surface area contributed by atoms with E-state index >= 15 is 0 Å². The fraction of sp³-hybridized carbons (Fsp3) is 0.300. The monoisotopic (exact) mass is 383 g/mol. The predicted octanol–water partition coefficient (Wildman–Crippen LogP) is 2.74. The molecular formula is C20H21N3O5. The fourth-order valence-corrected chi connectivity index (χ4v) is 2.13. The Morgan fingerprint density at radius 1 is 1.21 bits per heavy atom. The Labute approximate surface area is 162 Å². The van der Waals surface area contributed by atoms with Gasteiger partial charge in [-0.2, -0.15) is 5.26 Å². The third kappa shape index (κ3) is 5.20. The minimum atomic E-state index is -1.04. The van der Waals surface area contributed by atoms with Crippen LogP contribution in [-0.4, -0.2) is 29.9 Å². The molecule has 0 aliphatic carbocycles. The van der Waals surface area contributed by atoms with Gasteiger partial charge in [0.05, 0.1) is 17.9 Å². The molecule has 0 unspecified atom stereocenters. The van der Waals surface area contributed by atoms with Crippen LogP contribution >= 0.6 is 0 Å². The second kappa shape index (κ2) is 8.86. The van der Waals surface area contributed by atoms with E-state index in [0.717, 1.165) is 0 Å². The highest BCUT2D eigenvalue weighted by atomic mass is 16.5. The third-order valence-corrected chi connectivity index (χ3v) is 4.24. The Morgan fingerprint density at radius 2 is 1.89 bits per heavy atom. The average Bonchev–Trinajstić information content (AvgIpc) is 3.21. The summed E-state index contributed by atoms with van der Waals surface area (Å²) in [6.45, 7) is 4.72. The van der Waals surface area contributed by atoms with Crippen LogP contribution < -0.4 is 10.6 Å². The van der Waals surface area contributed by atoms with Gasteiger partial charge < -0.3 is 19.8 Å². The fourth-order valence-electron chi connectivity index (χ4n) is 2.13. The molecule has 8 nitrogen and oxygen atoms in total. The highest BCUT2D eigenvalue weighted by molar-refractivity contribution is 6.02. The third-order valence-electron chi connectivity index (χ3n) is 4.24. The summed E-state index contributed by atoms with van der Waals surface area (Å²) in [6.07, 6.45) is 1.39. The zero-order valence-electron chi connectivity index (χ0n) is 15.8. The van der Waals surface area contributed by atoms with E-state index in [1.807, 2.05) is 19.9 Å². The molecule has 0 saturated carbocycles. The molecule has 146 valence electrons. The number of anilines is 1. The van der Waals surface area contributed by atoms with Crippen LogP contribution in [0.3, 0.4) is 0 Å². The molecule has 0 fully saturated rings. The van der Waals surface area contributed by atoms with Gasteiger partial charge in [-0.3, -0.25) is 9.59 Å². The minimum absolute atomic E-state index is 0.110. The maximum absolute atomic E-state index is 12.1. The van der Waals surface area contributed by atoms with Crippen molar-refractivity contribution in [2.75, 3.05) is 11.9 Å². The van der Waals surface area contributed by atoms with Crippen LogP contribution in [0.5, 0.6) is 0 Å². The lowest BCUT2D eigenvalue weighted by Crippen LogP contribution is -2.50. The first-order chi connectivity index (χ1) is 13.2. The number of esters is 1. The van der Waals surface area contributed by atoms with Crippen molar-refractivity contribution in [3.63, 3.8) is 0 Å². The largest absolute Gasteiger partial charge is 0.459 e. The lowest BCUT2D eigenvalue weighted by atomic mass is 9.90. The van der Waals surface area contributed by atoms with Crippen LogP contribution in [0.4, 0.5) is 5.69 Å². The molecule has 2 aromatic rings. The van der Waals surface area contributed by atoms with E-state index in [4.69, 9.17) is 9.15 Å². The van der Waals surface area contributed by atoms with Crippen LogP contribution in [0.2, 0.25) is 0 Å². The maximum atomic E-state index is 12.1. The molecule has 1 atom stereocenters. The summed E-state index contributed by atoms with van der Waals surface area (Å²) in [6, 6.07) is 11.2. The summed E-state index contributed by atoms with van der Waals surface area (Å²) < 4.78 is 9.97. The van der Waals surface area contributed by atoms with E-state index in [0.29, 0.717) is 5.69 Å². The maximum Gasteiger partial charge on any atom is 0.338 e. The highest BCUT2D eigenvalue weighted by Gasteiger charge is 2.30. The van der Waals surface area contributed by atoms with E-state index < -0.39 is 29.9 Å². The summed E-state index contributed by atoms with van der Waals surface area (Å²) >= 11 is 0. The van der Waals surface area contributed by atoms with Crippen LogP contribution in [0, 0.1) is 17.2 Å². The van der Waals surface area contributed by atoms with Crippen molar-refractivity contribution >= 4 is 23.5 Å². The molecule has 0 radical (unpaired) electrons. The number of amides is 2. The smallest absolute Gasteiger partial charge is 0.338 e. The molecule has 2 rings (SSSR count). The zero-order valence-corrected chi connectivity index (χ0v) is 15.8. The molecule has 1 aromatic carbocycles. The van der Waals surface area contributed by atoms with Crippen molar-refractivity contribution in [2.24, 2.45) is 5.92 Å². The van der Waals surface area contributed by atoms with Crippen molar-refractivity contribution in [3.05, 3.63) is 54.0 Å². The number of nitrogens with one attached hydrogen (secondary N) is 2. The number of nitrogens with zero attached hydrogens (tertiary/aromatic N) is 1. The van der Waals surface area contributed by atoms with Gasteiger partial charge in [-0.1, -0.05) is 13.8 Å². The van der Waals surface area contributed by atoms with Gasteiger partial charge in [0.25, 0.3) is 11.8 Å². The summed E-state index contributed by atoms with van der Waals surface area (Å²) in [7, 11) is 0. The quantitative estimate of drug-likeness (QED) is 0.709. The first-order valence-electron chi connectivity index (χ1n) is 8.59. The van der Waals surface area contributed by atoms with E-state index in [1.54, 1.807) is 13.0 Å².